The van der Waals surface area contributed by atoms with Gasteiger partial charge in [-0.25, -0.2) is 0 Å². The number of anilines is 1. The van der Waals surface area contributed by atoms with Crippen LogP contribution in [0.5, 0.6) is 11.6 Å². The first-order valence-corrected chi connectivity index (χ1v) is 7.20. The van der Waals surface area contributed by atoms with E-state index in [1.165, 1.54) is 0 Å². The van der Waals surface area contributed by atoms with Crippen LogP contribution < -0.4 is 10.1 Å². The van der Waals surface area contributed by atoms with Gasteiger partial charge in [-0.2, -0.15) is 4.98 Å². The maximum Gasteiger partial charge on any atom is 0.221 e. The van der Waals surface area contributed by atoms with Crippen molar-refractivity contribution in [2.75, 3.05) is 11.9 Å². The lowest BCUT2D eigenvalue weighted by molar-refractivity contribution is 0.464. The van der Waals surface area contributed by atoms with E-state index in [4.69, 9.17) is 16.3 Å². The number of rotatable bonds is 5. The third-order valence-corrected chi connectivity index (χ3v) is 3.18. The van der Waals surface area contributed by atoms with Gasteiger partial charge in [0.25, 0.3) is 0 Å². The summed E-state index contributed by atoms with van der Waals surface area (Å²) in [5, 5.41) is 3.76. The van der Waals surface area contributed by atoms with Crippen molar-refractivity contribution < 1.29 is 4.74 Å². The molecule has 0 spiro atoms. The first-order valence-electron chi connectivity index (χ1n) is 6.03. The highest BCUT2D eigenvalue weighted by molar-refractivity contribution is 9.10. The number of aromatic nitrogens is 1. The zero-order valence-corrected chi connectivity index (χ0v) is 12.8. The fraction of sp³-hybridized carbons (Fsp3) is 0.214. The van der Waals surface area contributed by atoms with E-state index >= 15 is 0 Å². The van der Waals surface area contributed by atoms with Gasteiger partial charge in [-0.05, 0) is 30.7 Å². The molecule has 2 aromatic rings. The number of hydrogen-bond acceptors (Lipinski definition) is 3. The maximum absolute atomic E-state index is 6.10. The Morgan fingerprint density at radius 2 is 2.16 bits per heavy atom. The van der Waals surface area contributed by atoms with Crippen LogP contribution in [0.2, 0.25) is 5.02 Å². The molecule has 2 rings (SSSR count). The summed E-state index contributed by atoms with van der Waals surface area (Å²) in [5.41, 5.74) is 0. The minimum Gasteiger partial charge on any atom is -0.437 e. The molecule has 0 saturated carbocycles. The number of pyridine rings is 1. The molecule has 0 saturated heterocycles. The summed E-state index contributed by atoms with van der Waals surface area (Å²) in [7, 11) is 0. The fourth-order valence-corrected chi connectivity index (χ4v) is 2.21. The van der Waals surface area contributed by atoms with Crippen LogP contribution in [0.15, 0.2) is 40.9 Å². The predicted octanol–water partition coefficient (Wildman–Crippen LogP) is 5.11. The second-order valence-electron chi connectivity index (χ2n) is 3.96. The molecule has 100 valence electrons. The van der Waals surface area contributed by atoms with Crippen LogP contribution in [0.1, 0.15) is 13.3 Å². The first kappa shape index (κ1) is 14.2. The van der Waals surface area contributed by atoms with E-state index in [1.54, 1.807) is 18.2 Å². The molecule has 0 aliphatic heterocycles. The SMILES string of the molecule is CCCNc1cccc(Oc2ccc(Br)cc2Cl)n1. The van der Waals surface area contributed by atoms with Crippen molar-refractivity contribution in [3.8, 4) is 11.6 Å². The van der Waals surface area contributed by atoms with Crippen LogP contribution in [0, 0.1) is 0 Å². The highest BCUT2D eigenvalue weighted by Crippen LogP contribution is 2.31. The lowest BCUT2D eigenvalue weighted by Crippen LogP contribution is -2.02. The molecular weight excluding hydrogens is 328 g/mol. The van der Waals surface area contributed by atoms with Gasteiger partial charge in [0.15, 0.2) is 0 Å². The summed E-state index contributed by atoms with van der Waals surface area (Å²) in [5.74, 6) is 1.91. The zero-order chi connectivity index (χ0) is 13.7. The van der Waals surface area contributed by atoms with Crippen LogP contribution >= 0.6 is 27.5 Å². The summed E-state index contributed by atoms with van der Waals surface area (Å²) < 4.78 is 6.59. The third-order valence-electron chi connectivity index (χ3n) is 2.39. The van der Waals surface area contributed by atoms with Crippen molar-refractivity contribution in [2.24, 2.45) is 0 Å². The Morgan fingerprint density at radius 1 is 1.32 bits per heavy atom. The number of nitrogens with zero attached hydrogens (tertiary/aromatic N) is 1. The Balaban J connectivity index is 2.14. The van der Waals surface area contributed by atoms with Crippen molar-refractivity contribution in [3.05, 3.63) is 45.9 Å². The van der Waals surface area contributed by atoms with E-state index in [9.17, 15) is 0 Å². The van der Waals surface area contributed by atoms with E-state index in [-0.39, 0.29) is 0 Å². The normalized spacial score (nSPS) is 10.3. The third kappa shape index (κ3) is 4.11. The van der Waals surface area contributed by atoms with E-state index in [0.29, 0.717) is 16.7 Å². The van der Waals surface area contributed by atoms with Crippen LogP contribution in [0.4, 0.5) is 5.82 Å². The van der Waals surface area contributed by atoms with Gasteiger partial charge in [-0.3, -0.25) is 0 Å². The molecule has 3 nitrogen and oxygen atoms in total. The van der Waals surface area contributed by atoms with Crippen molar-refractivity contribution in [2.45, 2.75) is 13.3 Å². The minimum atomic E-state index is 0.519. The highest BCUT2D eigenvalue weighted by atomic mass is 79.9. The molecule has 19 heavy (non-hydrogen) atoms. The Bertz CT molecular complexity index is 563. The molecule has 1 aromatic heterocycles. The fourth-order valence-electron chi connectivity index (χ4n) is 1.49. The van der Waals surface area contributed by atoms with Gasteiger partial charge < -0.3 is 10.1 Å². The first-order chi connectivity index (χ1) is 9.19. The summed E-state index contributed by atoms with van der Waals surface area (Å²) in [6.07, 6.45) is 1.05. The average molecular weight is 342 g/mol. The molecule has 0 bridgehead atoms. The van der Waals surface area contributed by atoms with Gasteiger partial charge in [-0.1, -0.05) is 40.5 Å². The highest BCUT2D eigenvalue weighted by Gasteiger charge is 2.05. The number of nitrogens with one attached hydrogen (secondary N) is 1. The van der Waals surface area contributed by atoms with Gasteiger partial charge in [0, 0.05) is 17.1 Å². The Kier molecular flexibility index (Phi) is 5.05. The van der Waals surface area contributed by atoms with E-state index in [2.05, 4.69) is 33.2 Å². The molecule has 0 unspecified atom stereocenters. The smallest absolute Gasteiger partial charge is 0.221 e. The zero-order valence-electron chi connectivity index (χ0n) is 10.5. The van der Waals surface area contributed by atoms with Gasteiger partial charge in [-0.15, -0.1) is 0 Å². The molecule has 5 heteroatoms. The molecule has 0 amide bonds. The average Bonchev–Trinajstić information content (AvgIpc) is 2.40. The number of benzene rings is 1. The molecule has 0 aliphatic carbocycles. The second-order valence-corrected chi connectivity index (χ2v) is 5.29. The Morgan fingerprint density at radius 3 is 2.89 bits per heavy atom. The van der Waals surface area contributed by atoms with Gasteiger partial charge in [0.05, 0.1) is 5.02 Å². The summed E-state index contributed by atoms with van der Waals surface area (Å²) in [6.45, 7) is 2.99. The topological polar surface area (TPSA) is 34.1 Å². The molecule has 0 aliphatic rings. The van der Waals surface area contributed by atoms with Crippen LogP contribution in [0.25, 0.3) is 0 Å². The molecule has 1 N–H and O–H groups in total. The largest absolute Gasteiger partial charge is 0.437 e. The predicted molar refractivity (Wildman–Crippen MR) is 82.2 cm³/mol. The molecule has 1 heterocycles. The van der Waals surface area contributed by atoms with E-state index in [0.717, 1.165) is 23.3 Å². The lowest BCUT2D eigenvalue weighted by atomic mass is 10.3. The number of ether oxygens (including phenoxy) is 1. The van der Waals surface area contributed by atoms with Crippen molar-refractivity contribution in [1.29, 1.82) is 0 Å². The molecule has 0 atom stereocenters. The minimum absolute atomic E-state index is 0.519. The summed E-state index contributed by atoms with van der Waals surface area (Å²) in [6, 6.07) is 11.1. The molecule has 0 radical (unpaired) electrons. The Labute approximate surface area is 126 Å². The number of hydrogen-bond donors (Lipinski definition) is 1. The van der Waals surface area contributed by atoms with Crippen molar-refractivity contribution in [1.82, 2.24) is 4.98 Å². The summed E-state index contributed by atoms with van der Waals surface area (Å²) >= 11 is 9.46. The van der Waals surface area contributed by atoms with Crippen LogP contribution in [-0.2, 0) is 0 Å². The quantitative estimate of drug-likeness (QED) is 0.820. The van der Waals surface area contributed by atoms with Gasteiger partial charge in [0.2, 0.25) is 5.88 Å². The van der Waals surface area contributed by atoms with Gasteiger partial charge >= 0.3 is 0 Å². The van der Waals surface area contributed by atoms with Gasteiger partial charge in [0.1, 0.15) is 11.6 Å². The van der Waals surface area contributed by atoms with Crippen molar-refractivity contribution in [3.63, 3.8) is 0 Å². The molecule has 1 aromatic carbocycles. The second kappa shape index (κ2) is 6.78. The lowest BCUT2D eigenvalue weighted by Gasteiger charge is -2.09. The Hall–Kier alpha value is -1.26. The van der Waals surface area contributed by atoms with Crippen LogP contribution in [-0.4, -0.2) is 11.5 Å². The van der Waals surface area contributed by atoms with E-state index < -0.39 is 0 Å². The summed E-state index contributed by atoms with van der Waals surface area (Å²) in [4.78, 5) is 4.37. The maximum atomic E-state index is 6.10. The van der Waals surface area contributed by atoms with E-state index in [1.807, 2.05) is 18.2 Å². The van der Waals surface area contributed by atoms with Crippen LogP contribution in [0.3, 0.4) is 0 Å². The monoisotopic (exact) mass is 340 g/mol. The number of halogens is 2. The molecular formula is C14H14BrClN2O. The van der Waals surface area contributed by atoms with Crippen molar-refractivity contribution >= 4 is 33.3 Å². The standard InChI is InChI=1S/C14H14BrClN2O/c1-2-8-17-13-4-3-5-14(18-13)19-12-7-6-10(15)9-11(12)16/h3-7,9H,2,8H2,1H3,(H,17,18). The molecule has 0 fully saturated rings.